The second-order valence-corrected chi connectivity index (χ2v) is 11.6. The number of nitrogen functional groups attached to an aromatic ring is 1. The van der Waals surface area contributed by atoms with Crippen LogP contribution in [0.3, 0.4) is 0 Å². The van der Waals surface area contributed by atoms with E-state index in [1.807, 2.05) is 69.6 Å². The molecule has 41 heavy (non-hydrogen) atoms. The van der Waals surface area contributed by atoms with Gasteiger partial charge in [0.05, 0.1) is 11.4 Å². The molecule has 1 saturated heterocycles. The highest BCUT2D eigenvalue weighted by Crippen LogP contribution is 2.35. The molecule has 2 aromatic carbocycles. The third-order valence-corrected chi connectivity index (χ3v) is 7.14. The third kappa shape index (κ3) is 5.27. The lowest BCUT2D eigenvalue weighted by Crippen LogP contribution is -2.43. The largest absolute Gasteiger partial charge is 0.444 e. The number of fused-ring (bicyclic) bond motifs is 2. The number of nitrogens with two attached hydrogens (primary N) is 1. The number of benzene rings is 2. The van der Waals surface area contributed by atoms with Crippen LogP contribution in [-0.4, -0.2) is 54.4 Å². The van der Waals surface area contributed by atoms with Gasteiger partial charge in [0.2, 0.25) is 0 Å². The van der Waals surface area contributed by atoms with Gasteiger partial charge in [0.25, 0.3) is 6.01 Å². The monoisotopic (exact) mass is 554 g/mol. The number of carbonyl (C=O) groups excluding carboxylic acids is 1. The Bertz CT molecular complexity index is 1750. The van der Waals surface area contributed by atoms with Crippen molar-refractivity contribution in [1.29, 1.82) is 0 Å². The number of piperidine rings is 1. The second-order valence-electron chi connectivity index (χ2n) is 11.6. The summed E-state index contributed by atoms with van der Waals surface area (Å²) < 4.78 is 13.5. The van der Waals surface area contributed by atoms with E-state index in [2.05, 4.69) is 26.3 Å². The van der Waals surface area contributed by atoms with Crippen LogP contribution in [0, 0.1) is 13.8 Å². The number of amides is 1. The minimum absolute atomic E-state index is 0.0750. The fourth-order valence-corrected chi connectivity index (χ4v) is 5.36. The molecule has 1 atom stereocenters. The molecular weight excluding hydrogens is 520 g/mol. The van der Waals surface area contributed by atoms with E-state index >= 15 is 0 Å². The number of rotatable bonds is 4. The minimum atomic E-state index is -0.559. The summed E-state index contributed by atoms with van der Waals surface area (Å²) >= 11 is 0. The molecule has 3 aromatic heterocycles. The van der Waals surface area contributed by atoms with Crippen molar-refractivity contribution < 1.29 is 13.9 Å². The smallest absolute Gasteiger partial charge is 0.410 e. The van der Waals surface area contributed by atoms with E-state index in [0.29, 0.717) is 41.6 Å². The lowest BCUT2D eigenvalue weighted by atomic mass is 10.1. The van der Waals surface area contributed by atoms with Crippen LogP contribution in [0.2, 0.25) is 0 Å². The van der Waals surface area contributed by atoms with E-state index in [0.717, 1.165) is 46.3 Å². The number of likely N-dealkylation sites (tertiary alicyclic amines) is 1. The normalized spacial score (nSPS) is 15.9. The average molecular weight is 555 g/mol. The van der Waals surface area contributed by atoms with Crippen LogP contribution in [0.15, 0.2) is 47.1 Å². The zero-order valence-corrected chi connectivity index (χ0v) is 23.9. The molecule has 1 fully saturated rings. The van der Waals surface area contributed by atoms with Gasteiger partial charge in [-0.25, -0.2) is 19.4 Å². The summed E-state index contributed by atoms with van der Waals surface area (Å²) in [6, 6.07) is 12.3. The zero-order valence-electron chi connectivity index (χ0n) is 23.9. The van der Waals surface area contributed by atoms with Gasteiger partial charge in [-0.3, -0.25) is 0 Å². The molecule has 1 unspecified atom stereocenters. The van der Waals surface area contributed by atoms with Crippen molar-refractivity contribution in [2.45, 2.75) is 59.1 Å². The number of nitrogens with zero attached hydrogens (tertiary/aromatic N) is 6. The maximum Gasteiger partial charge on any atom is 0.410 e. The van der Waals surface area contributed by atoms with Gasteiger partial charge < -0.3 is 25.1 Å². The molecule has 0 aliphatic carbocycles. The van der Waals surface area contributed by atoms with Gasteiger partial charge in [-0.2, -0.15) is 10.1 Å². The highest BCUT2D eigenvalue weighted by atomic mass is 16.6. The molecule has 1 aliphatic rings. The van der Waals surface area contributed by atoms with E-state index in [-0.39, 0.29) is 12.1 Å². The standard InChI is InChI=1S/C30H34N8O3/c1-17-13-18(2)25-22(14-17)35-28(40-25)34-20-10-8-19(9-11-20)24-23-26(31)32-16-33-27(23)38(36-24)21-7-6-12-37(15-21)29(39)41-30(3,4)5/h8-11,13-14,16,21H,6-7,12,15H2,1-5H3,(H,34,35)(H2,31,32,33). The third-order valence-electron chi connectivity index (χ3n) is 7.14. The summed E-state index contributed by atoms with van der Waals surface area (Å²) in [5.74, 6) is 0.357. The van der Waals surface area contributed by atoms with Gasteiger partial charge >= 0.3 is 6.09 Å². The summed E-state index contributed by atoms with van der Waals surface area (Å²) in [6.45, 7) is 10.8. The highest BCUT2D eigenvalue weighted by Gasteiger charge is 2.31. The van der Waals surface area contributed by atoms with Crippen LogP contribution in [0.25, 0.3) is 33.4 Å². The number of oxazole rings is 1. The van der Waals surface area contributed by atoms with Gasteiger partial charge in [0, 0.05) is 24.3 Å². The number of aryl methyl sites for hydroxylation is 2. The van der Waals surface area contributed by atoms with Gasteiger partial charge in [-0.1, -0.05) is 18.2 Å². The molecule has 0 saturated carbocycles. The topological polar surface area (TPSA) is 137 Å². The first kappa shape index (κ1) is 26.5. The fourth-order valence-electron chi connectivity index (χ4n) is 5.36. The number of carbonyl (C=O) groups is 1. The lowest BCUT2D eigenvalue weighted by Gasteiger charge is -2.34. The first-order valence-corrected chi connectivity index (χ1v) is 13.8. The maximum absolute atomic E-state index is 12.8. The Morgan fingerprint density at radius 2 is 1.93 bits per heavy atom. The molecule has 212 valence electrons. The lowest BCUT2D eigenvalue weighted by molar-refractivity contribution is 0.0169. The predicted molar refractivity (Wildman–Crippen MR) is 158 cm³/mol. The van der Waals surface area contributed by atoms with Crippen LogP contribution in [0.4, 0.5) is 22.3 Å². The van der Waals surface area contributed by atoms with Crippen LogP contribution >= 0.6 is 0 Å². The highest BCUT2D eigenvalue weighted by molar-refractivity contribution is 5.98. The van der Waals surface area contributed by atoms with Crippen LogP contribution in [-0.2, 0) is 4.74 Å². The SMILES string of the molecule is Cc1cc(C)c2oc(Nc3ccc(-c4nn(C5CCCN(C(=O)OC(C)(C)C)C5)c5ncnc(N)c45)cc3)nc2c1. The Morgan fingerprint density at radius 3 is 2.68 bits per heavy atom. The number of ether oxygens (including phenoxy) is 1. The molecule has 3 N–H and O–H groups in total. The van der Waals surface area contributed by atoms with Gasteiger partial charge in [0.1, 0.15) is 29.0 Å². The molecule has 6 rings (SSSR count). The Hall–Kier alpha value is -4.67. The van der Waals surface area contributed by atoms with E-state index in [9.17, 15) is 4.79 Å². The summed E-state index contributed by atoms with van der Waals surface area (Å²) in [5.41, 5.74) is 12.6. The van der Waals surface area contributed by atoms with Crippen molar-refractivity contribution in [2.75, 3.05) is 24.1 Å². The first-order chi connectivity index (χ1) is 19.6. The van der Waals surface area contributed by atoms with Crippen molar-refractivity contribution >= 4 is 45.7 Å². The molecule has 1 amide bonds. The molecule has 5 aromatic rings. The first-order valence-electron chi connectivity index (χ1n) is 13.8. The van der Waals surface area contributed by atoms with E-state index in [1.165, 1.54) is 6.33 Å². The molecule has 11 heteroatoms. The summed E-state index contributed by atoms with van der Waals surface area (Å²) in [6.07, 6.45) is 2.81. The molecule has 0 spiro atoms. The maximum atomic E-state index is 12.8. The minimum Gasteiger partial charge on any atom is -0.444 e. The molecule has 0 radical (unpaired) electrons. The van der Waals surface area contributed by atoms with E-state index < -0.39 is 5.60 Å². The Balaban J connectivity index is 1.28. The van der Waals surface area contributed by atoms with Crippen molar-refractivity contribution in [3.05, 3.63) is 53.9 Å². The van der Waals surface area contributed by atoms with Gasteiger partial charge in [-0.05, 0) is 76.8 Å². The van der Waals surface area contributed by atoms with Crippen LogP contribution in [0.5, 0.6) is 0 Å². The molecular formula is C30H34N8O3. The Morgan fingerprint density at radius 1 is 1.15 bits per heavy atom. The van der Waals surface area contributed by atoms with Crippen LogP contribution < -0.4 is 11.1 Å². The zero-order chi connectivity index (χ0) is 28.9. The summed E-state index contributed by atoms with van der Waals surface area (Å²) in [4.78, 5) is 27.9. The van der Waals surface area contributed by atoms with Crippen molar-refractivity contribution in [3.63, 3.8) is 0 Å². The summed E-state index contributed by atoms with van der Waals surface area (Å²) in [7, 11) is 0. The van der Waals surface area contributed by atoms with Crippen molar-refractivity contribution in [2.24, 2.45) is 0 Å². The molecule has 0 bridgehead atoms. The molecule has 11 nitrogen and oxygen atoms in total. The summed E-state index contributed by atoms with van der Waals surface area (Å²) in [5, 5.41) is 8.92. The number of hydrogen-bond acceptors (Lipinski definition) is 9. The van der Waals surface area contributed by atoms with Gasteiger partial charge in [-0.15, -0.1) is 0 Å². The molecule has 4 heterocycles. The predicted octanol–water partition coefficient (Wildman–Crippen LogP) is 6.15. The van der Waals surface area contributed by atoms with E-state index in [1.54, 1.807) is 4.90 Å². The van der Waals surface area contributed by atoms with E-state index in [4.69, 9.17) is 20.0 Å². The van der Waals surface area contributed by atoms with Gasteiger partial charge in [0.15, 0.2) is 11.2 Å². The Labute approximate surface area is 237 Å². The molecule has 1 aliphatic heterocycles. The Kier molecular flexibility index (Phi) is 6.51. The quantitative estimate of drug-likeness (QED) is 0.268. The second kappa shape index (κ2) is 10.1. The van der Waals surface area contributed by atoms with Crippen LogP contribution in [0.1, 0.15) is 50.8 Å². The fraction of sp³-hybridized carbons (Fsp3) is 0.367. The van der Waals surface area contributed by atoms with Crippen molar-refractivity contribution in [1.82, 2.24) is 29.6 Å². The number of nitrogens with one attached hydrogen (secondary N) is 1. The average Bonchev–Trinajstić information content (AvgIpc) is 3.51. The number of aromatic nitrogens is 5. The van der Waals surface area contributed by atoms with Crippen molar-refractivity contribution in [3.8, 4) is 11.3 Å². The number of hydrogen-bond donors (Lipinski definition) is 2. The number of anilines is 3.